The highest BCUT2D eigenvalue weighted by atomic mass is 127. The first kappa shape index (κ1) is 75.2. The van der Waals surface area contributed by atoms with Crippen LogP contribution in [0.25, 0.3) is 0 Å². The Bertz CT molecular complexity index is 2100. The molecule has 6 nitrogen and oxygen atoms in total. The summed E-state index contributed by atoms with van der Waals surface area (Å²) in [5, 5.41) is 0. The Morgan fingerprint density at radius 3 is 1.06 bits per heavy atom. The smallest absolute Gasteiger partial charge is 0.342 e. The Hall–Kier alpha value is -0.816. The van der Waals surface area contributed by atoms with Crippen molar-refractivity contribution in [3.8, 4) is 35.3 Å². The van der Waals surface area contributed by atoms with E-state index in [2.05, 4.69) is 118 Å². The monoisotopic (exact) mass is 1380 g/mol. The molecule has 3 saturated heterocycles. The van der Waals surface area contributed by atoms with Crippen molar-refractivity contribution in [3.63, 3.8) is 0 Å². The highest BCUT2D eigenvalue weighted by Gasteiger charge is 2.46. The van der Waals surface area contributed by atoms with Crippen LogP contribution in [0.2, 0.25) is 39.3 Å². The van der Waals surface area contributed by atoms with E-state index in [9.17, 15) is 26.3 Å². The topological polar surface area (TPSA) is 55.4 Å². The van der Waals surface area contributed by atoms with E-state index in [1.165, 1.54) is 114 Å². The minimum absolute atomic E-state index is 0.237. The summed E-state index contributed by atoms with van der Waals surface area (Å²) < 4.78 is 115. The molecule has 0 N–H and O–H groups in total. The van der Waals surface area contributed by atoms with Gasteiger partial charge in [-0.15, -0.1) is 17.5 Å². The van der Waals surface area contributed by atoms with Crippen LogP contribution in [-0.4, -0.2) is 90.4 Å². The van der Waals surface area contributed by atoms with Crippen LogP contribution in [0.3, 0.4) is 0 Å². The maximum Gasteiger partial charge on any atom is 0.391 e. The van der Waals surface area contributed by atoms with Crippen LogP contribution in [0.1, 0.15) is 214 Å². The molecule has 0 amide bonds. The number of hydrogen-bond acceptors (Lipinski definition) is 6. The number of terminal acetylenes is 1. The van der Waals surface area contributed by atoms with Crippen LogP contribution in [-0.2, 0) is 28.4 Å². The second-order valence-corrected chi connectivity index (χ2v) is 42.0. The van der Waals surface area contributed by atoms with Crippen molar-refractivity contribution in [2.45, 2.75) is 283 Å². The summed E-state index contributed by atoms with van der Waals surface area (Å²) in [5.74, 6) is 14.0. The van der Waals surface area contributed by atoms with Crippen LogP contribution in [0.4, 0.5) is 26.3 Å². The molecule has 9 rings (SSSR count). The van der Waals surface area contributed by atoms with Gasteiger partial charge in [0.05, 0.1) is 51.5 Å². The zero-order valence-corrected chi connectivity index (χ0v) is 60.0. The Morgan fingerprint density at radius 1 is 0.414 bits per heavy atom. The zero-order valence-electron chi connectivity index (χ0n) is 55.9. The number of rotatable bonds is 11. The van der Waals surface area contributed by atoms with Crippen LogP contribution in [0.15, 0.2) is 0 Å². The fourth-order valence-electron chi connectivity index (χ4n) is 15.1. The molecule has 6 saturated carbocycles. The molecule has 0 unspecified atom stereocenters. The van der Waals surface area contributed by atoms with Crippen molar-refractivity contribution < 1.29 is 54.8 Å². The number of ether oxygens (including phenoxy) is 6. The third-order valence-corrected chi connectivity index (χ3v) is 24.1. The van der Waals surface area contributed by atoms with E-state index < -0.39 is 51.9 Å². The second kappa shape index (κ2) is 35.6. The molecule has 0 atom stereocenters. The summed E-state index contributed by atoms with van der Waals surface area (Å²) in [4.78, 5) is 0. The Labute approximate surface area is 541 Å². The number of hydrogen-bond donors (Lipinski definition) is 0. The standard InChI is InChI=1S/C25H41F3O2Si.C22H33F3O2.C16H28O2Si.C9H17I/c1-19-5-9-21(10-6-19)22-17-29-24(30-18-22,15-16-31(2,3)4)14-13-20-7-11-23(12-8-20)25(26,27)28;1-3-21(13-12-17-6-10-20(11-7-17)22(23,24)25)26-14-19(15-27-21)18-8-4-16(2)5-9-18;1-13-5-7-14(8-6-13)15-11-17-16(18-12-15)9-10-19(2,3)4;1-8-2-4-9(5-3-8)6-7-10/h19-23H,5-14,17-18H2,1-4H3;1,16-20H,4-15H2,2H3;13-16H,5-8,11-12H2,1-4H3;8-9H,2-7H2,1H3. The Balaban J connectivity index is 0.000000197. The van der Waals surface area contributed by atoms with Crippen molar-refractivity contribution in [2.24, 2.45) is 88.8 Å². The summed E-state index contributed by atoms with van der Waals surface area (Å²) in [5.41, 5.74) is 6.77. The van der Waals surface area contributed by atoms with E-state index in [0.29, 0.717) is 106 Å². The lowest BCUT2D eigenvalue weighted by molar-refractivity contribution is -0.260. The lowest BCUT2D eigenvalue weighted by atomic mass is 9.76. The van der Waals surface area contributed by atoms with E-state index in [4.69, 9.17) is 34.8 Å². The average Bonchev–Trinajstić information content (AvgIpc) is 3.62. The number of alkyl halides is 7. The summed E-state index contributed by atoms with van der Waals surface area (Å²) in [7, 11) is -2.91. The van der Waals surface area contributed by atoms with E-state index in [1.807, 2.05) is 0 Å². The van der Waals surface area contributed by atoms with Gasteiger partial charge in [-0.25, -0.2) is 0 Å². The van der Waals surface area contributed by atoms with Gasteiger partial charge in [0.25, 0.3) is 0 Å². The van der Waals surface area contributed by atoms with Gasteiger partial charge in [-0.1, -0.05) is 154 Å². The zero-order chi connectivity index (χ0) is 63.5. The molecule has 9 fully saturated rings. The average molecular weight is 1380 g/mol. The third-order valence-electron chi connectivity index (χ3n) is 21.7. The van der Waals surface area contributed by atoms with Crippen molar-refractivity contribution in [1.82, 2.24) is 0 Å². The molecular weight excluding hydrogens is 1260 g/mol. The first-order valence-electron chi connectivity index (χ1n) is 35.1. The highest BCUT2D eigenvalue weighted by Crippen LogP contribution is 2.46. The summed E-state index contributed by atoms with van der Waals surface area (Å²) in [6.45, 7) is 27.1. The molecule has 6 aliphatic carbocycles. The third kappa shape index (κ3) is 26.8. The van der Waals surface area contributed by atoms with Gasteiger partial charge in [-0.05, 0) is 191 Å². The molecule has 3 heterocycles. The second-order valence-electron chi connectivity index (χ2n) is 31.5. The van der Waals surface area contributed by atoms with Gasteiger partial charge < -0.3 is 28.4 Å². The highest BCUT2D eigenvalue weighted by molar-refractivity contribution is 14.1. The van der Waals surface area contributed by atoms with E-state index in [0.717, 1.165) is 61.6 Å². The largest absolute Gasteiger partial charge is 0.391 e. The van der Waals surface area contributed by atoms with Gasteiger partial charge in [-0.2, -0.15) is 26.3 Å². The van der Waals surface area contributed by atoms with Crippen molar-refractivity contribution in [3.05, 3.63) is 0 Å². The van der Waals surface area contributed by atoms with E-state index in [-0.39, 0.29) is 32.0 Å². The maximum atomic E-state index is 13.0. The molecule has 0 aromatic heterocycles. The minimum atomic E-state index is -4.05. The predicted octanol–water partition coefficient (Wildman–Crippen LogP) is 20.5. The van der Waals surface area contributed by atoms with E-state index >= 15 is 0 Å². The van der Waals surface area contributed by atoms with Gasteiger partial charge in [0.1, 0.15) is 16.1 Å². The van der Waals surface area contributed by atoms with Crippen molar-refractivity contribution in [2.75, 3.05) is 44.1 Å². The van der Waals surface area contributed by atoms with E-state index in [1.54, 1.807) is 0 Å². The molecule has 9 aliphatic rings. The Morgan fingerprint density at radius 2 is 0.724 bits per heavy atom. The molecule has 0 aromatic carbocycles. The minimum Gasteiger partial charge on any atom is -0.342 e. The van der Waals surface area contributed by atoms with Gasteiger partial charge in [0.15, 0.2) is 0 Å². The molecule has 0 aromatic rings. The molecule has 87 heavy (non-hydrogen) atoms. The first-order chi connectivity index (χ1) is 41.0. The summed E-state index contributed by atoms with van der Waals surface area (Å²) >= 11 is 2.50. The van der Waals surface area contributed by atoms with Gasteiger partial charge in [0, 0.05) is 30.6 Å². The quantitative estimate of drug-likeness (QED) is 0.0676. The fraction of sp³-hybridized carbons (Fsp3) is 0.917. The molecule has 0 radical (unpaired) electrons. The van der Waals surface area contributed by atoms with Gasteiger partial charge >= 0.3 is 12.4 Å². The summed E-state index contributed by atoms with van der Waals surface area (Å²) in [6, 6.07) is 0. The molecule has 0 spiro atoms. The molecule has 0 bridgehead atoms. The maximum absolute atomic E-state index is 13.0. The van der Waals surface area contributed by atoms with Crippen LogP contribution in [0.5, 0.6) is 0 Å². The number of halogens is 7. The van der Waals surface area contributed by atoms with Crippen molar-refractivity contribution in [1.29, 1.82) is 0 Å². The SMILES string of the molecule is C#CC1(CCC2CCC(C(F)(F)F)CC2)OCC(C2CCC(C)CC2)CO1.CC1CCC(C2COC(C#C[Si](C)(C)C)(CCC3CCC(C(F)(F)F)CC3)OC2)CC1.CC1CCC(C2COC(C#C[Si](C)(C)C)OC2)CC1.CC1CCC(CCI)CC1. The van der Waals surface area contributed by atoms with Crippen LogP contribution < -0.4 is 0 Å². The van der Waals surface area contributed by atoms with Gasteiger partial charge in [-0.3, -0.25) is 0 Å². The van der Waals surface area contributed by atoms with Crippen LogP contribution >= 0.6 is 22.6 Å². The predicted molar refractivity (Wildman–Crippen MR) is 356 cm³/mol. The first-order valence-corrected chi connectivity index (χ1v) is 43.6. The molecular formula is C72H119F6IO6Si2. The lowest BCUT2D eigenvalue weighted by Crippen LogP contribution is -2.46. The fourth-order valence-corrected chi connectivity index (χ4v) is 17.1. The molecule has 3 aliphatic heterocycles. The lowest BCUT2D eigenvalue weighted by Gasteiger charge is -2.42. The molecule has 15 heteroatoms. The Kier molecular flexibility index (Phi) is 30.8. The normalized spacial score (nSPS) is 38.1. The summed E-state index contributed by atoms with van der Waals surface area (Å²) in [6.07, 6.45) is 26.8. The van der Waals surface area contributed by atoms with Crippen LogP contribution in [0, 0.1) is 124 Å². The van der Waals surface area contributed by atoms with Gasteiger partial charge in [0.2, 0.25) is 17.9 Å². The molecule has 500 valence electrons. The van der Waals surface area contributed by atoms with Crippen molar-refractivity contribution >= 4 is 38.7 Å².